The van der Waals surface area contributed by atoms with Gasteiger partial charge in [0.1, 0.15) is 41.6 Å². The Balaban J connectivity index is 1.22. The van der Waals surface area contributed by atoms with Crippen LogP contribution in [0.2, 0.25) is 10.0 Å². The van der Waals surface area contributed by atoms with Crippen molar-refractivity contribution in [2.75, 3.05) is 32.8 Å². The highest BCUT2D eigenvalue weighted by Crippen LogP contribution is 2.45. The van der Waals surface area contributed by atoms with Gasteiger partial charge in [-0.25, -0.2) is 4.79 Å². The molecular formula is C42H46Cl2N4O7. The summed E-state index contributed by atoms with van der Waals surface area (Å²) in [5.41, 5.74) is 4.40. The number of aliphatic hydroxyl groups excluding tert-OH is 2. The number of halogens is 2. The van der Waals surface area contributed by atoms with Crippen LogP contribution in [0.4, 0.5) is 0 Å². The second-order valence-electron chi connectivity index (χ2n) is 14.4. The normalized spacial score (nSPS) is 16.5. The maximum Gasteiger partial charge on any atom is 0.328 e. The van der Waals surface area contributed by atoms with E-state index in [1.807, 2.05) is 24.3 Å². The number of hydrogen-bond donors (Lipinski definition) is 3. The zero-order valence-corrected chi connectivity index (χ0v) is 32.7. The molecule has 1 fully saturated rings. The van der Waals surface area contributed by atoms with E-state index in [9.17, 15) is 20.3 Å². The molecule has 1 aliphatic heterocycles. The minimum atomic E-state index is -1.38. The molecule has 2 heterocycles. The molecule has 2 aliphatic rings. The number of esters is 1. The van der Waals surface area contributed by atoms with Gasteiger partial charge in [0.25, 0.3) is 0 Å². The lowest BCUT2D eigenvalue weighted by molar-refractivity contribution is -0.156. The van der Waals surface area contributed by atoms with Crippen LogP contribution in [0.5, 0.6) is 17.2 Å². The largest absolute Gasteiger partial charge is 0.492 e. The summed E-state index contributed by atoms with van der Waals surface area (Å²) in [7, 11) is 0. The number of fused-ring (bicyclic) bond motifs is 1. The smallest absolute Gasteiger partial charge is 0.328 e. The SMILES string of the molecule is CC(C)OC(=O)C(C)(CO)NCc1cc(Cl)c(O[C@H]2CCc3c(-c4cccc(OCCCN5CC(O)C5)c4Cl)cccc32)cc1OCc1cncc(C#N)c1. The fraction of sp³-hybridized carbons (Fsp3) is 0.405. The lowest BCUT2D eigenvalue weighted by Gasteiger charge is -2.35. The number of benzene rings is 3. The number of aliphatic hydroxyl groups is 2. The number of hydrogen-bond acceptors (Lipinski definition) is 11. The third kappa shape index (κ3) is 9.70. The molecule has 3 N–H and O–H groups in total. The van der Waals surface area contributed by atoms with Crippen molar-refractivity contribution in [1.29, 1.82) is 5.26 Å². The molecule has 3 aromatic carbocycles. The van der Waals surface area contributed by atoms with E-state index in [-0.39, 0.29) is 31.5 Å². The number of nitriles is 1. The van der Waals surface area contributed by atoms with Gasteiger partial charge in [-0.05, 0) is 74.9 Å². The molecule has 0 amide bonds. The molecule has 0 radical (unpaired) electrons. The number of ether oxygens (including phenoxy) is 4. The first kappa shape index (κ1) is 40.3. The topological polar surface area (TPSA) is 146 Å². The van der Waals surface area contributed by atoms with Gasteiger partial charge in [0.05, 0.1) is 41.0 Å². The number of likely N-dealkylation sites (tertiary alicyclic amines) is 1. The summed E-state index contributed by atoms with van der Waals surface area (Å²) in [6.45, 7) is 7.59. The van der Waals surface area contributed by atoms with Crippen molar-refractivity contribution in [2.24, 2.45) is 0 Å². The van der Waals surface area contributed by atoms with Crippen molar-refractivity contribution >= 4 is 29.2 Å². The van der Waals surface area contributed by atoms with Crippen LogP contribution in [-0.2, 0) is 29.1 Å². The molecule has 1 saturated heterocycles. The van der Waals surface area contributed by atoms with Gasteiger partial charge in [-0.1, -0.05) is 53.5 Å². The van der Waals surface area contributed by atoms with Crippen molar-refractivity contribution < 1.29 is 34.0 Å². The van der Waals surface area contributed by atoms with E-state index in [0.29, 0.717) is 70.1 Å². The van der Waals surface area contributed by atoms with Crippen molar-refractivity contribution in [3.63, 3.8) is 0 Å². The van der Waals surface area contributed by atoms with Crippen LogP contribution in [0.15, 0.2) is 67.0 Å². The first-order valence-electron chi connectivity index (χ1n) is 18.4. The third-order valence-corrected chi connectivity index (χ3v) is 10.4. The van der Waals surface area contributed by atoms with Gasteiger partial charge in [-0.3, -0.25) is 15.2 Å². The molecule has 55 heavy (non-hydrogen) atoms. The molecule has 4 aromatic rings. The van der Waals surface area contributed by atoms with Crippen LogP contribution in [0.3, 0.4) is 0 Å². The van der Waals surface area contributed by atoms with Gasteiger partial charge in [-0.15, -0.1) is 0 Å². The number of nitrogens with one attached hydrogen (secondary N) is 1. The molecule has 13 heteroatoms. The Bertz CT molecular complexity index is 2030. The Morgan fingerprint density at radius 2 is 1.85 bits per heavy atom. The molecule has 1 unspecified atom stereocenters. The molecule has 0 saturated carbocycles. The maximum absolute atomic E-state index is 12.9. The Kier molecular flexibility index (Phi) is 13.2. The van der Waals surface area contributed by atoms with Crippen LogP contribution in [-0.4, -0.2) is 76.7 Å². The van der Waals surface area contributed by atoms with Gasteiger partial charge < -0.3 is 29.2 Å². The monoisotopic (exact) mass is 788 g/mol. The summed E-state index contributed by atoms with van der Waals surface area (Å²) < 4.78 is 24.4. The zero-order valence-electron chi connectivity index (χ0n) is 31.2. The van der Waals surface area contributed by atoms with Crippen LogP contribution in [0.25, 0.3) is 11.1 Å². The predicted molar refractivity (Wildman–Crippen MR) is 209 cm³/mol. The van der Waals surface area contributed by atoms with Crippen molar-refractivity contribution in [3.05, 3.63) is 105 Å². The average molecular weight is 790 g/mol. The number of carbonyl (C=O) groups is 1. The summed E-state index contributed by atoms with van der Waals surface area (Å²) >= 11 is 13.9. The first-order valence-corrected chi connectivity index (χ1v) is 19.2. The second-order valence-corrected chi connectivity index (χ2v) is 15.2. The fourth-order valence-corrected chi connectivity index (χ4v) is 7.24. The quantitative estimate of drug-likeness (QED) is 0.0766. The molecule has 1 aliphatic carbocycles. The lowest BCUT2D eigenvalue weighted by atomic mass is 9.96. The maximum atomic E-state index is 12.9. The van der Waals surface area contributed by atoms with Crippen molar-refractivity contribution in [1.82, 2.24) is 15.2 Å². The molecule has 0 spiro atoms. The number of aromatic nitrogens is 1. The predicted octanol–water partition coefficient (Wildman–Crippen LogP) is 6.81. The molecule has 2 atom stereocenters. The molecular weight excluding hydrogens is 743 g/mol. The first-order chi connectivity index (χ1) is 26.5. The lowest BCUT2D eigenvalue weighted by Crippen LogP contribution is -2.53. The number of carbonyl (C=O) groups excluding carboxylic acids is 1. The zero-order chi connectivity index (χ0) is 39.1. The molecule has 290 valence electrons. The Morgan fingerprint density at radius 3 is 2.60 bits per heavy atom. The number of pyridine rings is 1. The summed E-state index contributed by atoms with van der Waals surface area (Å²) in [5, 5.41) is 33.1. The second kappa shape index (κ2) is 18.0. The molecule has 0 bridgehead atoms. The molecule has 11 nitrogen and oxygen atoms in total. The number of β-amino-alcohol motifs (C(OH)–C–C–N with tert-alkyl or cyclic N) is 1. The van der Waals surface area contributed by atoms with Gasteiger partial charge >= 0.3 is 5.97 Å². The van der Waals surface area contributed by atoms with Crippen molar-refractivity contribution in [2.45, 2.75) is 77.0 Å². The van der Waals surface area contributed by atoms with Crippen LogP contribution < -0.4 is 19.5 Å². The Labute approximate surface area is 331 Å². The molecule has 1 aromatic heterocycles. The van der Waals surface area contributed by atoms with Crippen LogP contribution >= 0.6 is 23.2 Å². The summed E-state index contributed by atoms with van der Waals surface area (Å²) in [6, 6.07) is 19.2. The van der Waals surface area contributed by atoms with E-state index in [1.165, 1.54) is 6.20 Å². The number of rotatable bonds is 17. The minimum absolute atomic E-state index is 0.102. The summed E-state index contributed by atoms with van der Waals surface area (Å²) in [5.74, 6) is 0.895. The van der Waals surface area contributed by atoms with E-state index >= 15 is 0 Å². The Hall–Kier alpha value is -4.41. The van der Waals surface area contributed by atoms with E-state index < -0.39 is 18.1 Å². The van der Waals surface area contributed by atoms with Gasteiger partial charge in [-0.2, -0.15) is 5.26 Å². The van der Waals surface area contributed by atoms with E-state index in [0.717, 1.165) is 41.6 Å². The highest BCUT2D eigenvalue weighted by atomic mass is 35.5. The van der Waals surface area contributed by atoms with Crippen molar-refractivity contribution in [3.8, 4) is 34.4 Å². The summed E-state index contributed by atoms with van der Waals surface area (Å²) in [6.07, 6.45) is 4.53. The fourth-order valence-electron chi connectivity index (χ4n) is 6.72. The highest BCUT2D eigenvalue weighted by Gasteiger charge is 2.35. The average Bonchev–Trinajstić information content (AvgIpc) is 3.58. The van der Waals surface area contributed by atoms with E-state index in [1.54, 1.807) is 45.2 Å². The molecule has 6 rings (SSSR count). The third-order valence-electron chi connectivity index (χ3n) is 9.76. The Morgan fingerprint density at radius 1 is 1.07 bits per heavy atom. The van der Waals surface area contributed by atoms with Crippen LogP contribution in [0.1, 0.15) is 67.5 Å². The van der Waals surface area contributed by atoms with E-state index in [2.05, 4.69) is 33.4 Å². The van der Waals surface area contributed by atoms with E-state index in [4.69, 9.17) is 42.1 Å². The van der Waals surface area contributed by atoms with Crippen LogP contribution in [0, 0.1) is 11.3 Å². The summed E-state index contributed by atoms with van der Waals surface area (Å²) in [4.78, 5) is 19.2. The standard InChI is InChI=1S/C42H46Cl2N4O7/c1-26(2)54-41(51)42(3,25-49)47-21-29-16-35(43)39(17-38(29)53-24-28-15-27(18-45)19-46-20-28)55-36-12-11-32-31(7-4-8-33(32)36)34-9-5-10-37(40(34)44)52-14-6-13-48-22-30(50)23-48/h4-5,7-10,15-17,19-20,26,30,36,47,49-50H,6,11-14,21-25H2,1-3H3/t36-,42?/m0/s1. The minimum Gasteiger partial charge on any atom is -0.492 e. The highest BCUT2D eigenvalue weighted by molar-refractivity contribution is 6.35. The van der Waals surface area contributed by atoms with Gasteiger partial charge in [0, 0.05) is 61.3 Å². The number of nitrogens with zero attached hydrogens (tertiary/aromatic N) is 3. The van der Waals surface area contributed by atoms with Gasteiger partial charge in [0.2, 0.25) is 0 Å². The van der Waals surface area contributed by atoms with Gasteiger partial charge in [0.15, 0.2) is 0 Å².